The molecule has 0 unspecified atom stereocenters. The number of anilines is 1. The van der Waals surface area contributed by atoms with Crippen LogP contribution in [0.3, 0.4) is 0 Å². The minimum absolute atomic E-state index is 0.00566. The molecule has 0 saturated heterocycles. The van der Waals surface area contributed by atoms with Gasteiger partial charge in [-0.3, -0.25) is 13.8 Å². The Balaban J connectivity index is 2.13. The van der Waals surface area contributed by atoms with E-state index in [9.17, 15) is 18.9 Å². The summed E-state index contributed by atoms with van der Waals surface area (Å²) in [7, 11) is -0.959. The fourth-order valence-electron chi connectivity index (χ4n) is 3.57. The number of carbonyl (C=O) groups is 2. The van der Waals surface area contributed by atoms with Gasteiger partial charge < -0.3 is 10.4 Å². The number of carbonyl (C=O) groups excluding carboxylic acids is 1. The summed E-state index contributed by atoms with van der Waals surface area (Å²) in [6.07, 6.45) is 6.55. The summed E-state index contributed by atoms with van der Waals surface area (Å²) in [6, 6.07) is 5.52. The molecule has 1 aromatic carbocycles. The monoisotopic (exact) mass is 365 g/mol. The van der Waals surface area contributed by atoms with E-state index in [4.69, 9.17) is 0 Å². The van der Waals surface area contributed by atoms with Gasteiger partial charge in [-0.1, -0.05) is 37.8 Å². The highest BCUT2D eigenvalue weighted by Crippen LogP contribution is 2.38. The number of nitrogens with one attached hydrogen (secondary N) is 1. The SMILES string of the molecule is Cc1c(C[S@@](C)=O)cccc1NC(=O)CC1(C(=O)O)CCCCCC1. The lowest BCUT2D eigenvalue weighted by Gasteiger charge is -2.27. The van der Waals surface area contributed by atoms with Gasteiger partial charge in [0.25, 0.3) is 0 Å². The molecule has 2 rings (SSSR count). The maximum absolute atomic E-state index is 12.6. The van der Waals surface area contributed by atoms with Crippen molar-refractivity contribution >= 4 is 28.4 Å². The predicted octanol–water partition coefficient (Wildman–Crippen LogP) is 3.63. The lowest BCUT2D eigenvalue weighted by molar-refractivity contribution is -0.152. The van der Waals surface area contributed by atoms with Crippen LogP contribution in [0.4, 0.5) is 5.69 Å². The quantitative estimate of drug-likeness (QED) is 0.754. The molecule has 138 valence electrons. The molecule has 1 fully saturated rings. The van der Waals surface area contributed by atoms with Crippen molar-refractivity contribution in [1.29, 1.82) is 0 Å². The topological polar surface area (TPSA) is 83.5 Å². The van der Waals surface area contributed by atoms with Crippen LogP contribution >= 0.6 is 0 Å². The number of aliphatic carboxylic acids is 1. The fraction of sp³-hybridized carbons (Fsp3) is 0.579. The third kappa shape index (κ3) is 5.14. The molecule has 2 N–H and O–H groups in total. The summed E-state index contributed by atoms with van der Waals surface area (Å²) in [5.41, 5.74) is 1.54. The molecule has 5 nitrogen and oxygen atoms in total. The van der Waals surface area contributed by atoms with E-state index in [1.807, 2.05) is 19.1 Å². The molecular weight excluding hydrogens is 338 g/mol. The van der Waals surface area contributed by atoms with Crippen LogP contribution in [0.1, 0.15) is 56.1 Å². The number of hydrogen-bond acceptors (Lipinski definition) is 3. The molecule has 1 amide bonds. The number of hydrogen-bond donors (Lipinski definition) is 2. The molecular formula is C19H27NO4S. The normalized spacial score (nSPS) is 18.2. The van der Waals surface area contributed by atoms with E-state index in [1.165, 1.54) is 0 Å². The van der Waals surface area contributed by atoms with Crippen LogP contribution in [0.5, 0.6) is 0 Å². The van der Waals surface area contributed by atoms with Crippen LogP contribution in [0.2, 0.25) is 0 Å². The summed E-state index contributed by atoms with van der Waals surface area (Å²) in [6.45, 7) is 1.89. The molecule has 0 bridgehead atoms. The minimum Gasteiger partial charge on any atom is -0.481 e. The van der Waals surface area contributed by atoms with Gasteiger partial charge in [0.2, 0.25) is 5.91 Å². The van der Waals surface area contributed by atoms with Gasteiger partial charge in [-0.15, -0.1) is 0 Å². The lowest BCUT2D eigenvalue weighted by atomic mass is 9.77. The first-order valence-electron chi connectivity index (χ1n) is 8.76. The molecule has 0 spiro atoms. The Bertz CT molecular complexity index is 663. The second kappa shape index (κ2) is 8.61. The average molecular weight is 365 g/mol. The van der Waals surface area contributed by atoms with Crippen molar-refractivity contribution in [3.05, 3.63) is 29.3 Å². The molecule has 1 saturated carbocycles. The number of rotatable bonds is 6. The van der Waals surface area contributed by atoms with E-state index >= 15 is 0 Å². The zero-order valence-electron chi connectivity index (χ0n) is 15.0. The number of carboxylic acid groups (broad SMARTS) is 1. The van der Waals surface area contributed by atoms with E-state index in [2.05, 4.69) is 5.32 Å². The summed E-state index contributed by atoms with van der Waals surface area (Å²) in [4.78, 5) is 24.4. The van der Waals surface area contributed by atoms with Crippen LogP contribution < -0.4 is 5.32 Å². The highest BCUT2D eigenvalue weighted by Gasteiger charge is 2.40. The van der Waals surface area contributed by atoms with Crippen LogP contribution in [0, 0.1) is 12.3 Å². The summed E-state index contributed by atoms with van der Waals surface area (Å²) >= 11 is 0. The van der Waals surface area contributed by atoms with Crippen LogP contribution in [-0.2, 0) is 26.1 Å². The smallest absolute Gasteiger partial charge is 0.310 e. The molecule has 25 heavy (non-hydrogen) atoms. The predicted molar refractivity (Wildman–Crippen MR) is 100.0 cm³/mol. The third-order valence-electron chi connectivity index (χ3n) is 5.09. The Morgan fingerprint density at radius 2 is 1.84 bits per heavy atom. The van der Waals surface area contributed by atoms with Crippen molar-refractivity contribution in [1.82, 2.24) is 0 Å². The number of carboxylic acids is 1. The van der Waals surface area contributed by atoms with Gasteiger partial charge in [-0.25, -0.2) is 0 Å². The number of benzene rings is 1. The Hall–Kier alpha value is -1.69. The fourth-order valence-corrected chi connectivity index (χ4v) is 4.32. The maximum atomic E-state index is 12.6. The Morgan fingerprint density at radius 3 is 2.40 bits per heavy atom. The molecule has 0 aromatic heterocycles. The molecule has 1 aromatic rings. The summed E-state index contributed by atoms with van der Waals surface area (Å²) < 4.78 is 11.5. The first-order chi connectivity index (χ1) is 11.8. The van der Waals surface area contributed by atoms with Gasteiger partial charge in [-0.2, -0.15) is 0 Å². The van der Waals surface area contributed by atoms with Crippen molar-refractivity contribution in [2.75, 3.05) is 11.6 Å². The van der Waals surface area contributed by atoms with Gasteiger partial charge in [-0.05, 0) is 37.0 Å². The Kier molecular flexibility index (Phi) is 6.76. The summed E-state index contributed by atoms with van der Waals surface area (Å²) in [5.74, 6) is -0.687. The minimum atomic E-state index is -0.959. The van der Waals surface area contributed by atoms with Crippen molar-refractivity contribution < 1.29 is 18.9 Å². The average Bonchev–Trinajstić information content (AvgIpc) is 2.77. The van der Waals surface area contributed by atoms with Crippen molar-refractivity contribution in [2.45, 2.75) is 57.6 Å². The zero-order chi connectivity index (χ0) is 18.4. The second-order valence-electron chi connectivity index (χ2n) is 7.03. The van der Waals surface area contributed by atoms with Crippen molar-refractivity contribution in [3.63, 3.8) is 0 Å². The highest BCUT2D eigenvalue weighted by atomic mass is 32.2. The van der Waals surface area contributed by atoms with E-state index in [-0.39, 0.29) is 12.3 Å². The van der Waals surface area contributed by atoms with E-state index < -0.39 is 22.2 Å². The molecule has 0 heterocycles. The molecule has 6 heteroatoms. The van der Waals surface area contributed by atoms with Gasteiger partial charge in [0.1, 0.15) is 0 Å². The standard InChI is InChI=1S/C19H27NO4S/c1-14-15(13-25(2)24)8-7-9-16(14)20-17(21)12-19(18(22)23)10-5-3-4-6-11-19/h7-9H,3-6,10-13H2,1-2H3,(H,20,21)(H,22,23)/t25-/m1/s1. The lowest BCUT2D eigenvalue weighted by Crippen LogP contribution is -2.35. The zero-order valence-corrected chi connectivity index (χ0v) is 15.8. The van der Waals surface area contributed by atoms with Crippen LogP contribution in [0.25, 0.3) is 0 Å². The van der Waals surface area contributed by atoms with Crippen LogP contribution in [0.15, 0.2) is 18.2 Å². The molecule has 0 aliphatic heterocycles. The Labute approximate surface area is 151 Å². The van der Waals surface area contributed by atoms with Crippen molar-refractivity contribution in [2.24, 2.45) is 5.41 Å². The van der Waals surface area contributed by atoms with E-state index in [0.717, 1.165) is 36.8 Å². The van der Waals surface area contributed by atoms with Gasteiger partial charge in [0, 0.05) is 34.9 Å². The largest absolute Gasteiger partial charge is 0.481 e. The third-order valence-corrected chi connectivity index (χ3v) is 5.81. The highest BCUT2D eigenvalue weighted by molar-refractivity contribution is 7.83. The van der Waals surface area contributed by atoms with Gasteiger partial charge >= 0.3 is 5.97 Å². The first kappa shape index (κ1) is 19.6. The van der Waals surface area contributed by atoms with E-state index in [0.29, 0.717) is 24.3 Å². The molecule has 1 atom stereocenters. The van der Waals surface area contributed by atoms with Crippen LogP contribution in [-0.4, -0.2) is 27.4 Å². The van der Waals surface area contributed by atoms with Crippen molar-refractivity contribution in [3.8, 4) is 0 Å². The molecule has 1 aliphatic rings. The maximum Gasteiger partial charge on any atom is 0.310 e. The molecule has 1 aliphatic carbocycles. The van der Waals surface area contributed by atoms with Gasteiger partial charge in [0.05, 0.1) is 5.41 Å². The van der Waals surface area contributed by atoms with Gasteiger partial charge in [0.15, 0.2) is 0 Å². The Morgan fingerprint density at radius 1 is 1.20 bits per heavy atom. The molecule has 0 radical (unpaired) electrons. The second-order valence-corrected chi connectivity index (χ2v) is 8.47. The summed E-state index contributed by atoms with van der Waals surface area (Å²) in [5, 5.41) is 12.6. The number of amides is 1. The van der Waals surface area contributed by atoms with E-state index in [1.54, 1.807) is 12.3 Å². The first-order valence-corrected chi connectivity index (χ1v) is 10.5.